The van der Waals surface area contributed by atoms with Crippen LogP contribution >= 0.6 is 0 Å². The van der Waals surface area contributed by atoms with Crippen LogP contribution in [0.4, 0.5) is 0 Å². The van der Waals surface area contributed by atoms with E-state index in [0.717, 1.165) is 32.9 Å². The van der Waals surface area contributed by atoms with Gasteiger partial charge in [-0.25, -0.2) is 0 Å². The van der Waals surface area contributed by atoms with Crippen LogP contribution in [0, 0.1) is 5.92 Å². The van der Waals surface area contributed by atoms with Crippen molar-refractivity contribution in [2.75, 3.05) is 0 Å². The summed E-state index contributed by atoms with van der Waals surface area (Å²) in [6.07, 6.45) is 3.95. The van der Waals surface area contributed by atoms with Gasteiger partial charge in [0.25, 0.3) is 0 Å². The van der Waals surface area contributed by atoms with Crippen molar-refractivity contribution in [3.63, 3.8) is 0 Å². The molecule has 0 atom stereocenters. The first-order valence-electron chi connectivity index (χ1n) is 9.60. The van der Waals surface area contributed by atoms with Gasteiger partial charge in [0.05, 0.1) is 0 Å². The lowest BCUT2D eigenvalue weighted by atomic mass is 10.1. The molecular weight excluding hydrogens is 368 g/mol. The maximum absolute atomic E-state index is 12.5. The molecule has 148 valence electrons. The third-order valence-corrected chi connectivity index (χ3v) is 5.07. The van der Waals surface area contributed by atoms with Crippen LogP contribution in [0.3, 0.4) is 0 Å². The standard InChI is InChI=1S/C23H22N2O4/c1-2-17(22(26)28-13-15-11-24-20-9-5-3-7-18(15)20)23(27)29-14-16-12-25-21-10-6-4-8-19(16)21/h3-12,17,24-25H,2,13-14H2,1H3. The van der Waals surface area contributed by atoms with Crippen molar-refractivity contribution in [1.82, 2.24) is 9.97 Å². The molecule has 4 rings (SSSR count). The van der Waals surface area contributed by atoms with Crippen LogP contribution in [0.25, 0.3) is 21.8 Å². The third kappa shape index (κ3) is 3.87. The second kappa shape index (κ2) is 8.22. The summed E-state index contributed by atoms with van der Waals surface area (Å²) in [7, 11) is 0. The van der Waals surface area contributed by atoms with Crippen LogP contribution < -0.4 is 0 Å². The smallest absolute Gasteiger partial charge is 0.320 e. The molecule has 4 aromatic rings. The Labute approximate surface area is 167 Å². The number of rotatable bonds is 7. The third-order valence-electron chi connectivity index (χ3n) is 5.07. The fourth-order valence-corrected chi connectivity index (χ4v) is 3.43. The van der Waals surface area contributed by atoms with E-state index in [9.17, 15) is 9.59 Å². The number of ether oxygens (including phenoxy) is 2. The quantitative estimate of drug-likeness (QED) is 0.360. The van der Waals surface area contributed by atoms with E-state index in [4.69, 9.17) is 9.47 Å². The van der Waals surface area contributed by atoms with Crippen LogP contribution in [-0.4, -0.2) is 21.9 Å². The Morgan fingerprint density at radius 3 is 1.69 bits per heavy atom. The molecule has 0 spiro atoms. The molecule has 0 saturated carbocycles. The number of nitrogens with one attached hydrogen (secondary N) is 2. The van der Waals surface area contributed by atoms with Crippen molar-refractivity contribution < 1.29 is 19.1 Å². The zero-order valence-electron chi connectivity index (χ0n) is 16.1. The van der Waals surface area contributed by atoms with Gasteiger partial charge in [-0.05, 0) is 18.6 Å². The summed E-state index contributed by atoms with van der Waals surface area (Å²) >= 11 is 0. The van der Waals surface area contributed by atoms with Gasteiger partial charge in [-0.15, -0.1) is 0 Å². The summed E-state index contributed by atoms with van der Waals surface area (Å²) in [4.78, 5) is 31.2. The number of aromatic amines is 2. The van der Waals surface area contributed by atoms with Crippen molar-refractivity contribution >= 4 is 33.7 Å². The number of H-pyrrole nitrogens is 2. The van der Waals surface area contributed by atoms with Gasteiger partial charge in [-0.2, -0.15) is 0 Å². The molecule has 0 bridgehead atoms. The normalized spacial score (nSPS) is 11.2. The van der Waals surface area contributed by atoms with Gasteiger partial charge in [0, 0.05) is 45.3 Å². The molecule has 29 heavy (non-hydrogen) atoms. The highest BCUT2D eigenvalue weighted by Crippen LogP contribution is 2.21. The summed E-state index contributed by atoms with van der Waals surface area (Å²) in [5.41, 5.74) is 3.69. The van der Waals surface area contributed by atoms with E-state index in [1.54, 1.807) is 6.92 Å². The molecule has 0 aliphatic heterocycles. The highest BCUT2D eigenvalue weighted by Gasteiger charge is 2.28. The average molecular weight is 390 g/mol. The van der Waals surface area contributed by atoms with Crippen molar-refractivity contribution in [2.45, 2.75) is 26.6 Å². The molecule has 0 aliphatic carbocycles. The van der Waals surface area contributed by atoms with Crippen molar-refractivity contribution in [1.29, 1.82) is 0 Å². The van der Waals surface area contributed by atoms with Crippen molar-refractivity contribution in [3.05, 3.63) is 72.1 Å². The Kier molecular flexibility index (Phi) is 5.33. The molecular formula is C23H22N2O4. The van der Waals surface area contributed by atoms with E-state index < -0.39 is 17.9 Å². The maximum Gasteiger partial charge on any atom is 0.320 e. The van der Waals surface area contributed by atoms with Crippen LogP contribution in [0.5, 0.6) is 0 Å². The van der Waals surface area contributed by atoms with Crippen molar-refractivity contribution in [2.24, 2.45) is 5.92 Å². The summed E-state index contributed by atoms with van der Waals surface area (Å²) in [6, 6.07) is 15.6. The fourth-order valence-electron chi connectivity index (χ4n) is 3.43. The number of hydrogen-bond donors (Lipinski definition) is 2. The first kappa shape index (κ1) is 18.8. The van der Waals surface area contributed by atoms with E-state index >= 15 is 0 Å². The molecule has 0 amide bonds. The van der Waals surface area contributed by atoms with Crippen molar-refractivity contribution in [3.8, 4) is 0 Å². The second-order valence-corrected chi connectivity index (χ2v) is 6.90. The molecule has 0 unspecified atom stereocenters. The molecule has 2 N–H and O–H groups in total. The summed E-state index contributed by atoms with van der Waals surface area (Å²) in [5, 5.41) is 1.99. The monoisotopic (exact) mass is 390 g/mol. The first-order chi connectivity index (χ1) is 14.2. The van der Waals surface area contributed by atoms with E-state index in [-0.39, 0.29) is 13.2 Å². The first-order valence-corrected chi connectivity index (χ1v) is 9.60. The van der Waals surface area contributed by atoms with Gasteiger partial charge < -0.3 is 19.4 Å². The summed E-state index contributed by atoms with van der Waals surface area (Å²) in [5.74, 6) is -2.08. The minimum Gasteiger partial charge on any atom is -0.460 e. The molecule has 6 heteroatoms. The van der Waals surface area contributed by atoms with Crippen LogP contribution in [0.2, 0.25) is 0 Å². The second-order valence-electron chi connectivity index (χ2n) is 6.90. The number of para-hydroxylation sites is 2. The van der Waals surface area contributed by atoms with Gasteiger partial charge in [0.15, 0.2) is 5.92 Å². The number of esters is 2. The molecule has 0 fully saturated rings. The van der Waals surface area contributed by atoms with E-state index in [1.165, 1.54) is 0 Å². The Morgan fingerprint density at radius 2 is 1.24 bits per heavy atom. The number of carbonyl (C=O) groups is 2. The SMILES string of the molecule is CCC(C(=O)OCc1c[nH]c2ccccc12)C(=O)OCc1c[nH]c2ccccc12. The van der Waals surface area contributed by atoms with E-state index in [2.05, 4.69) is 9.97 Å². The number of aromatic nitrogens is 2. The molecule has 2 heterocycles. The fraction of sp³-hybridized carbons (Fsp3) is 0.217. The molecule has 0 aliphatic rings. The Bertz CT molecular complexity index is 1070. The van der Waals surface area contributed by atoms with Gasteiger partial charge in [-0.3, -0.25) is 9.59 Å². The van der Waals surface area contributed by atoms with Crippen LogP contribution in [0.15, 0.2) is 60.9 Å². The number of hydrogen-bond acceptors (Lipinski definition) is 4. The van der Waals surface area contributed by atoms with E-state index in [0.29, 0.717) is 6.42 Å². The Balaban J connectivity index is 1.37. The number of carbonyl (C=O) groups excluding carboxylic acids is 2. The predicted octanol–water partition coefficient (Wildman–Crippen LogP) is 4.46. The number of benzene rings is 2. The van der Waals surface area contributed by atoms with Crippen LogP contribution in [-0.2, 0) is 32.3 Å². The minimum absolute atomic E-state index is 0.106. The van der Waals surface area contributed by atoms with Gasteiger partial charge in [0.1, 0.15) is 13.2 Å². The predicted molar refractivity (Wildman–Crippen MR) is 110 cm³/mol. The maximum atomic E-state index is 12.5. The lowest BCUT2D eigenvalue weighted by Crippen LogP contribution is -2.27. The molecule has 2 aromatic carbocycles. The minimum atomic E-state index is -0.939. The van der Waals surface area contributed by atoms with Gasteiger partial charge in [-0.1, -0.05) is 43.3 Å². The molecule has 2 aromatic heterocycles. The van der Waals surface area contributed by atoms with Gasteiger partial charge in [0.2, 0.25) is 0 Å². The average Bonchev–Trinajstić information content (AvgIpc) is 3.35. The molecule has 6 nitrogen and oxygen atoms in total. The van der Waals surface area contributed by atoms with E-state index in [1.807, 2.05) is 60.9 Å². The van der Waals surface area contributed by atoms with Crippen LogP contribution in [0.1, 0.15) is 24.5 Å². The lowest BCUT2D eigenvalue weighted by molar-refractivity contribution is -0.163. The highest BCUT2D eigenvalue weighted by molar-refractivity contribution is 5.95. The Hall–Kier alpha value is -3.54. The zero-order chi connectivity index (χ0) is 20.2. The molecule has 0 radical (unpaired) electrons. The Morgan fingerprint density at radius 1 is 0.793 bits per heavy atom. The summed E-state index contributed by atoms with van der Waals surface area (Å²) < 4.78 is 10.8. The largest absolute Gasteiger partial charge is 0.460 e. The zero-order valence-corrected chi connectivity index (χ0v) is 16.1. The number of fused-ring (bicyclic) bond motifs is 2. The topological polar surface area (TPSA) is 84.2 Å². The van der Waals surface area contributed by atoms with Gasteiger partial charge >= 0.3 is 11.9 Å². The highest BCUT2D eigenvalue weighted by atomic mass is 16.6. The molecule has 0 saturated heterocycles. The summed E-state index contributed by atoms with van der Waals surface area (Å²) in [6.45, 7) is 1.98. The lowest BCUT2D eigenvalue weighted by Gasteiger charge is -2.13.